The number of hydrogen-bond acceptors (Lipinski definition) is 4. The molecule has 0 radical (unpaired) electrons. The Bertz CT molecular complexity index is 267. The lowest BCUT2D eigenvalue weighted by molar-refractivity contribution is -0.122. The summed E-state index contributed by atoms with van der Waals surface area (Å²) in [5.41, 5.74) is 0. The highest BCUT2D eigenvalue weighted by Crippen LogP contribution is 2.24. The minimum Gasteiger partial charge on any atom is -0.395 e. The lowest BCUT2D eigenvalue weighted by Crippen LogP contribution is -2.49. The lowest BCUT2D eigenvalue weighted by Gasteiger charge is -2.36. The van der Waals surface area contributed by atoms with Crippen LogP contribution in [0.15, 0.2) is 0 Å². The molecule has 0 unspecified atom stereocenters. The molecule has 1 fully saturated rings. The summed E-state index contributed by atoms with van der Waals surface area (Å²) in [6.07, 6.45) is 3.30. The number of nitrogens with zero attached hydrogens (tertiary/aromatic N) is 1. The first kappa shape index (κ1) is 13.9. The number of carbonyl (C=O) groups excluding carboxylic acids is 2. The SMILES string of the molecule is CCNC(=O)NC(=O)CN(CCO)C1CCC1. The molecule has 0 heterocycles. The molecule has 0 aliphatic heterocycles. The third-order valence-electron chi connectivity index (χ3n) is 2.92. The van der Waals surface area contributed by atoms with Crippen LogP contribution in [0.3, 0.4) is 0 Å². The summed E-state index contributed by atoms with van der Waals surface area (Å²) in [6, 6.07) is -0.0859. The van der Waals surface area contributed by atoms with Gasteiger partial charge in [-0.3, -0.25) is 15.0 Å². The largest absolute Gasteiger partial charge is 0.395 e. The molecule has 0 spiro atoms. The molecule has 3 amide bonds. The van der Waals surface area contributed by atoms with Gasteiger partial charge in [0.15, 0.2) is 0 Å². The van der Waals surface area contributed by atoms with Crippen LogP contribution in [0, 0.1) is 0 Å². The number of nitrogens with one attached hydrogen (secondary N) is 2. The average Bonchev–Trinajstić information content (AvgIpc) is 2.14. The van der Waals surface area contributed by atoms with Gasteiger partial charge < -0.3 is 10.4 Å². The Balaban J connectivity index is 2.32. The van der Waals surface area contributed by atoms with Crippen LogP contribution in [0.4, 0.5) is 4.79 Å². The number of rotatable bonds is 6. The number of carbonyl (C=O) groups is 2. The first-order chi connectivity index (χ1) is 8.17. The van der Waals surface area contributed by atoms with Crippen LogP contribution in [-0.2, 0) is 4.79 Å². The molecule has 3 N–H and O–H groups in total. The second-order valence-electron chi connectivity index (χ2n) is 4.19. The van der Waals surface area contributed by atoms with Crippen molar-refractivity contribution in [3.63, 3.8) is 0 Å². The molecule has 1 aliphatic carbocycles. The van der Waals surface area contributed by atoms with Crippen molar-refractivity contribution in [3.8, 4) is 0 Å². The molecule has 1 saturated carbocycles. The van der Waals surface area contributed by atoms with Gasteiger partial charge in [-0.1, -0.05) is 6.42 Å². The zero-order valence-electron chi connectivity index (χ0n) is 10.2. The Hall–Kier alpha value is -1.14. The predicted molar refractivity (Wildman–Crippen MR) is 63.5 cm³/mol. The van der Waals surface area contributed by atoms with Crippen molar-refractivity contribution in [1.82, 2.24) is 15.5 Å². The lowest BCUT2D eigenvalue weighted by atomic mass is 9.91. The van der Waals surface area contributed by atoms with Gasteiger partial charge in [0, 0.05) is 19.1 Å². The first-order valence-electron chi connectivity index (χ1n) is 6.10. The number of hydrogen-bond donors (Lipinski definition) is 3. The Morgan fingerprint density at radius 2 is 2.12 bits per heavy atom. The van der Waals surface area contributed by atoms with Crippen molar-refractivity contribution in [2.75, 3.05) is 26.2 Å². The molecule has 1 rings (SSSR count). The number of urea groups is 1. The summed E-state index contributed by atoms with van der Waals surface area (Å²) in [5, 5.41) is 13.7. The highest BCUT2D eigenvalue weighted by molar-refractivity contribution is 5.95. The van der Waals surface area contributed by atoms with Crippen LogP contribution in [0.2, 0.25) is 0 Å². The van der Waals surface area contributed by atoms with Crippen molar-refractivity contribution >= 4 is 11.9 Å². The van der Waals surface area contributed by atoms with Gasteiger partial charge in [0.05, 0.1) is 13.2 Å². The van der Waals surface area contributed by atoms with Crippen molar-refractivity contribution in [2.45, 2.75) is 32.2 Å². The molecule has 0 aromatic rings. The van der Waals surface area contributed by atoms with Gasteiger partial charge in [-0.05, 0) is 19.8 Å². The molecule has 6 nitrogen and oxygen atoms in total. The van der Waals surface area contributed by atoms with E-state index < -0.39 is 6.03 Å². The average molecular weight is 243 g/mol. The van der Waals surface area contributed by atoms with E-state index in [1.807, 2.05) is 4.90 Å². The summed E-state index contributed by atoms with van der Waals surface area (Å²) < 4.78 is 0. The highest BCUT2D eigenvalue weighted by atomic mass is 16.3. The first-order valence-corrected chi connectivity index (χ1v) is 6.10. The fourth-order valence-corrected chi connectivity index (χ4v) is 1.83. The van der Waals surface area contributed by atoms with Crippen molar-refractivity contribution in [3.05, 3.63) is 0 Å². The molecule has 6 heteroatoms. The van der Waals surface area contributed by atoms with E-state index in [4.69, 9.17) is 5.11 Å². The van der Waals surface area contributed by atoms with Crippen molar-refractivity contribution in [2.24, 2.45) is 0 Å². The Morgan fingerprint density at radius 1 is 1.41 bits per heavy atom. The third kappa shape index (κ3) is 4.70. The topological polar surface area (TPSA) is 81.7 Å². The molecule has 0 aromatic carbocycles. The van der Waals surface area contributed by atoms with E-state index in [1.165, 1.54) is 6.42 Å². The number of amides is 3. The van der Waals surface area contributed by atoms with E-state index in [0.29, 0.717) is 19.1 Å². The van der Waals surface area contributed by atoms with Crippen LogP contribution in [-0.4, -0.2) is 54.2 Å². The number of aliphatic hydroxyl groups excluding tert-OH is 1. The molecule has 1 aliphatic rings. The molecule has 17 heavy (non-hydrogen) atoms. The third-order valence-corrected chi connectivity index (χ3v) is 2.92. The summed E-state index contributed by atoms with van der Waals surface area (Å²) in [5.74, 6) is -0.323. The second-order valence-corrected chi connectivity index (χ2v) is 4.19. The van der Waals surface area contributed by atoms with Crippen LogP contribution in [0.1, 0.15) is 26.2 Å². The van der Waals surface area contributed by atoms with Crippen LogP contribution in [0.5, 0.6) is 0 Å². The fourth-order valence-electron chi connectivity index (χ4n) is 1.83. The van der Waals surface area contributed by atoms with E-state index >= 15 is 0 Å². The van der Waals surface area contributed by atoms with E-state index in [9.17, 15) is 9.59 Å². The van der Waals surface area contributed by atoms with Crippen molar-refractivity contribution in [1.29, 1.82) is 0 Å². The standard InChI is InChI=1S/C11H21N3O3/c1-2-12-11(17)13-10(16)8-14(6-7-15)9-4-3-5-9/h9,15H,2-8H2,1H3,(H2,12,13,16,17). The summed E-state index contributed by atoms with van der Waals surface area (Å²) >= 11 is 0. The van der Waals surface area contributed by atoms with Crippen LogP contribution >= 0.6 is 0 Å². The van der Waals surface area contributed by atoms with Gasteiger partial charge in [-0.25, -0.2) is 4.79 Å². The maximum absolute atomic E-state index is 11.6. The minimum atomic E-state index is -0.463. The highest BCUT2D eigenvalue weighted by Gasteiger charge is 2.26. The molecule has 0 bridgehead atoms. The number of imide groups is 1. The van der Waals surface area contributed by atoms with Gasteiger partial charge >= 0.3 is 6.03 Å². The van der Waals surface area contributed by atoms with Crippen molar-refractivity contribution < 1.29 is 14.7 Å². The zero-order chi connectivity index (χ0) is 12.7. The zero-order valence-corrected chi connectivity index (χ0v) is 10.2. The minimum absolute atomic E-state index is 0.0327. The van der Waals surface area contributed by atoms with Crippen LogP contribution < -0.4 is 10.6 Å². The second kappa shape index (κ2) is 7.24. The van der Waals surface area contributed by atoms with Crippen LogP contribution in [0.25, 0.3) is 0 Å². The molecule has 0 saturated heterocycles. The maximum Gasteiger partial charge on any atom is 0.321 e. The molecular weight excluding hydrogens is 222 g/mol. The Morgan fingerprint density at radius 3 is 2.59 bits per heavy atom. The summed E-state index contributed by atoms with van der Waals surface area (Å²) in [6.45, 7) is 2.96. The Labute approximate surface area is 101 Å². The summed E-state index contributed by atoms with van der Waals surface area (Å²) in [4.78, 5) is 24.6. The van der Waals surface area contributed by atoms with Gasteiger partial charge in [0.25, 0.3) is 0 Å². The maximum atomic E-state index is 11.6. The quantitative estimate of drug-likeness (QED) is 0.597. The summed E-state index contributed by atoms with van der Waals surface area (Å²) in [7, 11) is 0. The monoisotopic (exact) mass is 243 g/mol. The van der Waals surface area contributed by atoms with E-state index in [0.717, 1.165) is 12.8 Å². The van der Waals surface area contributed by atoms with Gasteiger partial charge in [-0.15, -0.1) is 0 Å². The van der Waals surface area contributed by atoms with E-state index in [2.05, 4.69) is 10.6 Å². The normalized spacial score (nSPS) is 15.5. The van der Waals surface area contributed by atoms with Gasteiger partial charge in [0.1, 0.15) is 0 Å². The molecule has 98 valence electrons. The number of aliphatic hydroxyl groups is 1. The molecule has 0 aromatic heterocycles. The van der Waals surface area contributed by atoms with Gasteiger partial charge in [-0.2, -0.15) is 0 Å². The van der Waals surface area contributed by atoms with E-state index in [-0.39, 0.29) is 19.1 Å². The molecular formula is C11H21N3O3. The fraction of sp³-hybridized carbons (Fsp3) is 0.818. The molecule has 0 atom stereocenters. The van der Waals surface area contributed by atoms with Gasteiger partial charge in [0.2, 0.25) is 5.91 Å². The smallest absolute Gasteiger partial charge is 0.321 e. The van der Waals surface area contributed by atoms with E-state index in [1.54, 1.807) is 6.92 Å². The predicted octanol–water partition coefficient (Wildman–Crippen LogP) is -0.321. The Kier molecular flexibility index (Phi) is 5.93.